The Hall–Kier alpha value is -0.460. The zero-order valence-electron chi connectivity index (χ0n) is 11.7. The van der Waals surface area contributed by atoms with Gasteiger partial charge >= 0.3 is 0 Å². The van der Waals surface area contributed by atoms with Crippen molar-refractivity contribution < 1.29 is 19.3 Å². The average molecular weight is 273 g/mol. The zero-order valence-corrected chi connectivity index (χ0v) is 11.7. The van der Waals surface area contributed by atoms with Gasteiger partial charge in [0, 0.05) is 19.7 Å². The van der Waals surface area contributed by atoms with Gasteiger partial charge in [-0.15, -0.1) is 6.58 Å². The van der Waals surface area contributed by atoms with Gasteiger partial charge in [-0.1, -0.05) is 6.08 Å². The van der Waals surface area contributed by atoms with E-state index in [-0.39, 0.29) is 6.10 Å². The van der Waals surface area contributed by atoms with E-state index in [1.807, 2.05) is 6.08 Å². The Balaban J connectivity index is 1.81. The van der Waals surface area contributed by atoms with Crippen molar-refractivity contribution in [3.63, 3.8) is 0 Å². The normalized spacial score (nSPS) is 20.6. The van der Waals surface area contributed by atoms with Crippen molar-refractivity contribution >= 4 is 0 Å². The van der Waals surface area contributed by atoms with Gasteiger partial charge in [0.25, 0.3) is 0 Å². The Morgan fingerprint density at radius 2 is 2.32 bits per heavy atom. The van der Waals surface area contributed by atoms with Crippen molar-refractivity contribution in [3.05, 3.63) is 12.7 Å². The van der Waals surface area contributed by atoms with Crippen LogP contribution in [0.15, 0.2) is 12.7 Å². The Morgan fingerprint density at radius 3 is 3.05 bits per heavy atom. The fourth-order valence-corrected chi connectivity index (χ4v) is 1.85. The van der Waals surface area contributed by atoms with Crippen molar-refractivity contribution in [3.8, 4) is 0 Å². The standard InChI is InChI=1S/C14H27NO4/c1-2-3-7-17-9-6-15-10-13(16)11-18-12-14-5-4-8-19-14/h2,13-16H,1,3-12H2. The molecule has 112 valence electrons. The van der Waals surface area contributed by atoms with E-state index in [0.717, 1.165) is 32.4 Å². The smallest absolute Gasteiger partial charge is 0.0897 e. The maximum absolute atomic E-state index is 9.68. The van der Waals surface area contributed by atoms with Gasteiger partial charge in [-0.3, -0.25) is 0 Å². The van der Waals surface area contributed by atoms with E-state index in [1.165, 1.54) is 0 Å². The molecule has 0 saturated carbocycles. The van der Waals surface area contributed by atoms with Crippen LogP contribution < -0.4 is 5.32 Å². The Bertz CT molecular complexity index is 219. The van der Waals surface area contributed by atoms with Crippen LogP contribution in [-0.2, 0) is 14.2 Å². The summed E-state index contributed by atoms with van der Waals surface area (Å²) in [6.45, 7) is 8.01. The second-order valence-corrected chi connectivity index (χ2v) is 4.72. The lowest BCUT2D eigenvalue weighted by Gasteiger charge is -2.14. The van der Waals surface area contributed by atoms with Crippen LogP contribution in [-0.4, -0.2) is 63.4 Å². The van der Waals surface area contributed by atoms with E-state index in [2.05, 4.69) is 11.9 Å². The lowest BCUT2D eigenvalue weighted by Crippen LogP contribution is -2.33. The molecule has 0 aliphatic carbocycles. The fourth-order valence-electron chi connectivity index (χ4n) is 1.85. The molecule has 1 saturated heterocycles. The monoisotopic (exact) mass is 273 g/mol. The minimum Gasteiger partial charge on any atom is -0.389 e. The van der Waals surface area contributed by atoms with E-state index in [4.69, 9.17) is 14.2 Å². The predicted molar refractivity (Wildman–Crippen MR) is 74.3 cm³/mol. The summed E-state index contributed by atoms with van der Waals surface area (Å²) in [7, 11) is 0. The summed E-state index contributed by atoms with van der Waals surface area (Å²) in [6, 6.07) is 0. The third-order valence-corrected chi connectivity index (χ3v) is 2.91. The summed E-state index contributed by atoms with van der Waals surface area (Å²) in [4.78, 5) is 0. The van der Waals surface area contributed by atoms with Gasteiger partial charge in [-0.2, -0.15) is 0 Å². The Kier molecular flexibility index (Phi) is 9.93. The fraction of sp³-hybridized carbons (Fsp3) is 0.857. The molecule has 1 aliphatic rings. The summed E-state index contributed by atoms with van der Waals surface area (Å²) in [6.07, 6.45) is 4.64. The van der Waals surface area contributed by atoms with Crippen molar-refractivity contribution in [1.82, 2.24) is 5.32 Å². The quantitative estimate of drug-likeness (QED) is 0.405. The second-order valence-electron chi connectivity index (χ2n) is 4.72. The van der Waals surface area contributed by atoms with E-state index in [9.17, 15) is 5.11 Å². The molecule has 0 radical (unpaired) electrons. The summed E-state index contributed by atoms with van der Waals surface area (Å²) in [5, 5.41) is 12.8. The molecule has 0 spiro atoms. The number of aliphatic hydroxyl groups is 1. The Morgan fingerprint density at radius 1 is 1.42 bits per heavy atom. The van der Waals surface area contributed by atoms with Gasteiger partial charge in [0.2, 0.25) is 0 Å². The predicted octanol–water partition coefficient (Wildman–Crippen LogP) is 0.725. The van der Waals surface area contributed by atoms with Gasteiger partial charge in [0.05, 0.1) is 38.6 Å². The lowest BCUT2D eigenvalue weighted by atomic mass is 10.2. The molecule has 2 atom stereocenters. The first-order valence-electron chi connectivity index (χ1n) is 7.09. The molecule has 2 unspecified atom stereocenters. The maximum Gasteiger partial charge on any atom is 0.0897 e. The first-order valence-corrected chi connectivity index (χ1v) is 7.09. The molecule has 1 aliphatic heterocycles. The number of hydrogen-bond acceptors (Lipinski definition) is 5. The second kappa shape index (κ2) is 11.4. The molecule has 5 heteroatoms. The van der Waals surface area contributed by atoms with Gasteiger partial charge in [0.1, 0.15) is 0 Å². The van der Waals surface area contributed by atoms with E-state index in [1.54, 1.807) is 0 Å². The average Bonchev–Trinajstić information content (AvgIpc) is 2.91. The summed E-state index contributed by atoms with van der Waals surface area (Å²) < 4.78 is 16.2. The highest BCUT2D eigenvalue weighted by molar-refractivity contribution is 4.65. The number of nitrogens with one attached hydrogen (secondary N) is 1. The topological polar surface area (TPSA) is 60.0 Å². The Labute approximate surface area is 115 Å². The van der Waals surface area contributed by atoms with Crippen molar-refractivity contribution in [1.29, 1.82) is 0 Å². The molecule has 1 rings (SSSR count). The SMILES string of the molecule is C=CCCOCCNCC(O)COCC1CCCO1. The lowest BCUT2D eigenvalue weighted by molar-refractivity contribution is -0.0167. The van der Waals surface area contributed by atoms with Crippen molar-refractivity contribution in [2.45, 2.75) is 31.5 Å². The molecule has 0 aromatic heterocycles. The van der Waals surface area contributed by atoms with E-state index >= 15 is 0 Å². The van der Waals surface area contributed by atoms with E-state index < -0.39 is 6.10 Å². The highest BCUT2D eigenvalue weighted by atomic mass is 16.5. The molecule has 0 aromatic rings. The van der Waals surface area contributed by atoms with Gasteiger partial charge in [-0.05, 0) is 19.3 Å². The van der Waals surface area contributed by atoms with Gasteiger partial charge in [-0.25, -0.2) is 0 Å². The van der Waals surface area contributed by atoms with Gasteiger partial charge in [0.15, 0.2) is 0 Å². The molecular weight excluding hydrogens is 246 g/mol. The van der Waals surface area contributed by atoms with Crippen LogP contribution in [0.5, 0.6) is 0 Å². The number of aliphatic hydroxyl groups excluding tert-OH is 1. The molecule has 0 aromatic carbocycles. The summed E-state index contributed by atoms with van der Waals surface area (Å²) in [5.41, 5.74) is 0. The highest BCUT2D eigenvalue weighted by Gasteiger charge is 2.15. The molecule has 0 bridgehead atoms. The van der Waals surface area contributed by atoms with Crippen molar-refractivity contribution in [2.75, 3.05) is 46.1 Å². The molecule has 5 nitrogen and oxygen atoms in total. The number of ether oxygens (including phenoxy) is 3. The minimum absolute atomic E-state index is 0.221. The maximum atomic E-state index is 9.68. The van der Waals surface area contributed by atoms with Crippen molar-refractivity contribution in [2.24, 2.45) is 0 Å². The molecule has 1 heterocycles. The highest BCUT2D eigenvalue weighted by Crippen LogP contribution is 2.11. The van der Waals surface area contributed by atoms with Crippen LogP contribution in [0, 0.1) is 0 Å². The molecule has 1 fully saturated rings. The van der Waals surface area contributed by atoms with Crippen LogP contribution in [0.25, 0.3) is 0 Å². The van der Waals surface area contributed by atoms with Crippen LogP contribution in [0.3, 0.4) is 0 Å². The third-order valence-electron chi connectivity index (χ3n) is 2.91. The first kappa shape index (κ1) is 16.6. The first-order chi connectivity index (χ1) is 9.33. The molecular formula is C14H27NO4. The van der Waals surface area contributed by atoms with Crippen LogP contribution in [0.4, 0.5) is 0 Å². The van der Waals surface area contributed by atoms with Crippen LogP contribution in [0.1, 0.15) is 19.3 Å². The van der Waals surface area contributed by atoms with Gasteiger partial charge < -0.3 is 24.6 Å². The third kappa shape index (κ3) is 9.13. The van der Waals surface area contributed by atoms with Crippen LogP contribution in [0.2, 0.25) is 0 Å². The van der Waals surface area contributed by atoms with E-state index in [0.29, 0.717) is 33.0 Å². The molecule has 0 amide bonds. The zero-order chi connectivity index (χ0) is 13.8. The molecule has 2 N–H and O–H groups in total. The number of rotatable bonds is 12. The minimum atomic E-state index is -0.477. The summed E-state index contributed by atoms with van der Waals surface area (Å²) in [5.74, 6) is 0. The molecule has 19 heavy (non-hydrogen) atoms. The summed E-state index contributed by atoms with van der Waals surface area (Å²) >= 11 is 0. The number of hydrogen-bond donors (Lipinski definition) is 2. The van der Waals surface area contributed by atoms with Crippen LogP contribution >= 0.6 is 0 Å². The largest absolute Gasteiger partial charge is 0.389 e.